The maximum Gasteiger partial charge on any atom is 0.251 e. The first-order chi connectivity index (χ1) is 8.75. The van der Waals surface area contributed by atoms with Gasteiger partial charge in [0.25, 0.3) is 11.5 Å². The van der Waals surface area contributed by atoms with Crippen molar-refractivity contribution in [3.8, 4) is 0 Å². The number of nitrogens with zero attached hydrogens (tertiary/aromatic N) is 1. The highest BCUT2D eigenvalue weighted by molar-refractivity contribution is 5.94. The molecule has 0 aliphatic carbocycles. The van der Waals surface area contributed by atoms with Crippen LogP contribution in [-0.2, 0) is 7.05 Å². The molecule has 0 fully saturated rings. The van der Waals surface area contributed by atoms with Crippen molar-refractivity contribution in [1.29, 1.82) is 0 Å². The lowest BCUT2D eigenvalue weighted by Gasteiger charge is -2.31. The van der Waals surface area contributed by atoms with Crippen molar-refractivity contribution in [3.05, 3.63) is 34.2 Å². The molecule has 1 unspecified atom stereocenters. The Bertz CT molecular complexity index is 500. The lowest BCUT2D eigenvalue weighted by molar-refractivity contribution is 0.0898. The van der Waals surface area contributed by atoms with Crippen molar-refractivity contribution in [2.75, 3.05) is 6.54 Å². The van der Waals surface area contributed by atoms with Gasteiger partial charge in [0.1, 0.15) is 0 Å². The van der Waals surface area contributed by atoms with E-state index in [0.29, 0.717) is 18.5 Å². The molecule has 1 heterocycles. The molecule has 1 atom stereocenters. The van der Waals surface area contributed by atoms with Gasteiger partial charge in [0.2, 0.25) is 0 Å². The van der Waals surface area contributed by atoms with E-state index in [1.807, 2.05) is 0 Å². The predicted molar refractivity (Wildman–Crippen MR) is 76.1 cm³/mol. The van der Waals surface area contributed by atoms with Gasteiger partial charge in [0.15, 0.2) is 0 Å². The Kier molecular flexibility index (Phi) is 4.89. The number of pyridine rings is 1. The standard InChI is InChI=1S/C14H23N3O2/c1-14(2,3)11(5-7-15)16-13(19)10-6-8-17(4)12(18)9-10/h6,8-9,11H,5,7,15H2,1-4H3,(H,16,19). The fourth-order valence-corrected chi connectivity index (χ4v) is 1.82. The lowest BCUT2D eigenvalue weighted by Crippen LogP contribution is -2.45. The minimum atomic E-state index is -0.230. The summed E-state index contributed by atoms with van der Waals surface area (Å²) in [7, 11) is 1.65. The summed E-state index contributed by atoms with van der Waals surface area (Å²) >= 11 is 0. The molecule has 1 amide bonds. The van der Waals surface area contributed by atoms with Gasteiger partial charge in [0, 0.05) is 30.9 Å². The lowest BCUT2D eigenvalue weighted by atomic mass is 9.84. The largest absolute Gasteiger partial charge is 0.349 e. The van der Waals surface area contributed by atoms with Crippen LogP contribution in [-0.4, -0.2) is 23.1 Å². The van der Waals surface area contributed by atoms with Crippen molar-refractivity contribution < 1.29 is 4.79 Å². The number of aryl methyl sites for hydroxylation is 1. The van der Waals surface area contributed by atoms with E-state index in [9.17, 15) is 9.59 Å². The van der Waals surface area contributed by atoms with Gasteiger partial charge in [-0.15, -0.1) is 0 Å². The predicted octanol–water partition coefficient (Wildman–Crippen LogP) is 0.879. The second-order valence-electron chi connectivity index (χ2n) is 5.83. The van der Waals surface area contributed by atoms with Crippen LogP contribution < -0.4 is 16.6 Å². The van der Waals surface area contributed by atoms with Crippen LogP contribution >= 0.6 is 0 Å². The van der Waals surface area contributed by atoms with E-state index in [-0.39, 0.29) is 22.9 Å². The van der Waals surface area contributed by atoms with Crippen molar-refractivity contribution in [2.45, 2.75) is 33.2 Å². The van der Waals surface area contributed by atoms with Gasteiger partial charge in [0.05, 0.1) is 0 Å². The van der Waals surface area contributed by atoms with Crippen LogP contribution in [0, 0.1) is 5.41 Å². The Balaban J connectivity index is 2.88. The van der Waals surface area contributed by atoms with Crippen molar-refractivity contribution in [3.63, 3.8) is 0 Å². The number of carbonyl (C=O) groups excluding carboxylic acids is 1. The second-order valence-corrected chi connectivity index (χ2v) is 5.83. The molecule has 5 heteroatoms. The third-order valence-electron chi connectivity index (χ3n) is 3.17. The number of rotatable bonds is 4. The average Bonchev–Trinajstić information content (AvgIpc) is 2.30. The van der Waals surface area contributed by atoms with E-state index in [1.54, 1.807) is 19.3 Å². The second kappa shape index (κ2) is 6.02. The fraction of sp³-hybridized carbons (Fsp3) is 0.571. The average molecular weight is 265 g/mol. The van der Waals surface area contributed by atoms with Gasteiger partial charge >= 0.3 is 0 Å². The van der Waals surface area contributed by atoms with E-state index in [0.717, 1.165) is 0 Å². The number of nitrogens with one attached hydrogen (secondary N) is 1. The summed E-state index contributed by atoms with van der Waals surface area (Å²) in [4.78, 5) is 23.7. The molecule has 0 aliphatic heterocycles. The maximum absolute atomic E-state index is 12.1. The highest BCUT2D eigenvalue weighted by Gasteiger charge is 2.25. The number of amides is 1. The van der Waals surface area contributed by atoms with Gasteiger partial charge < -0.3 is 15.6 Å². The van der Waals surface area contributed by atoms with E-state index in [2.05, 4.69) is 26.1 Å². The van der Waals surface area contributed by atoms with Crippen LogP contribution in [0.1, 0.15) is 37.6 Å². The Morgan fingerprint density at radius 3 is 2.58 bits per heavy atom. The quantitative estimate of drug-likeness (QED) is 0.848. The first kappa shape index (κ1) is 15.4. The number of carbonyl (C=O) groups is 1. The first-order valence-corrected chi connectivity index (χ1v) is 6.43. The summed E-state index contributed by atoms with van der Waals surface area (Å²) in [5.41, 5.74) is 5.69. The molecular weight excluding hydrogens is 242 g/mol. The third kappa shape index (κ3) is 4.21. The Labute approximate surface area is 113 Å². The minimum Gasteiger partial charge on any atom is -0.349 e. The summed E-state index contributed by atoms with van der Waals surface area (Å²) in [5, 5.41) is 2.95. The number of nitrogens with two attached hydrogens (primary N) is 1. The Morgan fingerprint density at radius 1 is 1.47 bits per heavy atom. The topological polar surface area (TPSA) is 77.1 Å². The Hall–Kier alpha value is -1.62. The van der Waals surface area contributed by atoms with E-state index < -0.39 is 0 Å². The zero-order chi connectivity index (χ0) is 14.6. The zero-order valence-corrected chi connectivity index (χ0v) is 12.1. The van der Waals surface area contributed by atoms with Crippen LogP contribution in [0.25, 0.3) is 0 Å². The highest BCUT2D eigenvalue weighted by atomic mass is 16.2. The van der Waals surface area contributed by atoms with Crippen molar-refractivity contribution in [2.24, 2.45) is 18.2 Å². The maximum atomic E-state index is 12.1. The summed E-state index contributed by atoms with van der Waals surface area (Å²) in [6.07, 6.45) is 2.30. The van der Waals surface area contributed by atoms with E-state index in [4.69, 9.17) is 5.73 Å². The molecule has 0 spiro atoms. The van der Waals surface area contributed by atoms with Gasteiger partial charge in [-0.1, -0.05) is 20.8 Å². The van der Waals surface area contributed by atoms with Crippen LogP contribution in [0.4, 0.5) is 0 Å². The molecule has 1 rings (SSSR count). The molecule has 0 aromatic carbocycles. The normalized spacial score (nSPS) is 13.1. The molecule has 0 saturated carbocycles. The minimum absolute atomic E-state index is 0.0194. The van der Waals surface area contributed by atoms with E-state index >= 15 is 0 Å². The molecule has 0 saturated heterocycles. The molecule has 106 valence electrons. The van der Waals surface area contributed by atoms with Crippen LogP contribution in [0.3, 0.4) is 0 Å². The fourth-order valence-electron chi connectivity index (χ4n) is 1.82. The smallest absolute Gasteiger partial charge is 0.251 e. The van der Waals surface area contributed by atoms with Crippen LogP contribution in [0.2, 0.25) is 0 Å². The van der Waals surface area contributed by atoms with E-state index in [1.165, 1.54) is 10.6 Å². The molecule has 5 nitrogen and oxygen atoms in total. The Morgan fingerprint density at radius 2 is 2.11 bits per heavy atom. The van der Waals surface area contributed by atoms with Crippen LogP contribution in [0.15, 0.2) is 23.1 Å². The van der Waals surface area contributed by atoms with Gasteiger partial charge in [-0.2, -0.15) is 0 Å². The molecule has 0 bridgehead atoms. The molecule has 3 N–H and O–H groups in total. The summed E-state index contributed by atoms with van der Waals surface area (Å²) in [6, 6.07) is 2.96. The zero-order valence-electron chi connectivity index (χ0n) is 12.1. The number of aromatic nitrogens is 1. The molecule has 1 aromatic rings. The van der Waals surface area contributed by atoms with Gasteiger partial charge in [-0.25, -0.2) is 0 Å². The highest BCUT2D eigenvalue weighted by Crippen LogP contribution is 2.21. The summed E-state index contributed by atoms with van der Waals surface area (Å²) in [6.45, 7) is 6.67. The number of hydrogen-bond acceptors (Lipinski definition) is 3. The van der Waals surface area contributed by atoms with Gasteiger partial charge in [-0.3, -0.25) is 9.59 Å². The third-order valence-corrected chi connectivity index (χ3v) is 3.17. The molecule has 1 aromatic heterocycles. The molecular formula is C14H23N3O2. The van der Waals surface area contributed by atoms with Crippen molar-refractivity contribution >= 4 is 5.91 Å². The summed E-state index contributed by atoms with van der Waals surface area (Å²) < 4.78 is 1.43. The molecule has 0 radical (unpaired) electrons. The number of hydrogen-bond donors (Lipinski definition) is 2. The van der Waals surface area contributed by atoms with Gasteiger partial charge in [-0.05, 0) is 24.4 Å². The summed E-state index contributed by atoms with van der Waals surface area (Å²) in [5.74, 6) is -0.230. The van der Waals surface area contributed by atoms with Crippen LogP contribution in [0.5, 0.6) is 0 Å². The SMILES string of the molecule is Cn1ccc(C(=O)NC(CCN)C(C)(C)C)cc1=O. The molecule has 19 heavy (non-hydrogen) atoms. The van der Waals surface area contributed by atoms with Crippen molar-refractivity contribution in [1.82, 2.24) is 9.88 Å². The molecule has 0 aliphatic rings. The monoisotopic (exact) mass is 265 g/mol. The first-order valence-electron chi connectivity index (χ1n) is 6.43.